The van der Waals surface area contributed by atoms with E-state index in [1.807, 2.05) is 24.3 Å². The van der Waals surface area contributed by atoms with Gasteiger partial charge >= 0.3 is 0 Å². The number of ether oxygens (including phenoxy) is 2. The van der Waals surface area contributed by atoms with Crippen molar-refractivity contribution in [1.82, 2.24) is 16.0 Å². The lowest BCUT2D eigenvalue weighted by Gasteiger charge is -2.23. The molecule has 2 fully saturated rings. The zero-order valence-electron chi connectivity index (χ0n) is 15.4. The first-order chi connectivity index (χ1) is 12.7. The Labute approximate surface area is 166 Å². The molecule has 1 heterocycles. The van der Waals surface area contributed by atoms with Crippen LogP contribution in [-0.4, -0.2) is 56.8 Å². The molecule has 3 rings (SSSR count). The van der Waals surface area contributed by atoms with Gasteiger partial charge in [-0.25, -0.2) is 0 Å². The maximum Gasteiger partial charge on any atom is 0.258 e. The molecule has 1 aromatic rings. The standard InChI is InChI=1S/C19H27N3O4.ClH/c23-18(11-16-12-25-10-9-20-16)21-8-7-14-1-5-17(6-2-14)26-13-19(24)22-15-3-4-15;/h1-2,5-6,15-16,20H,3-4,7-13H2,(H,21,23)(H,22,24);1H. The van der Waals surface area contributed by atoms with Gasteiger partial charge in [-0.3, -0.25) is 9.59 Å². The predicted molar refractivity (Wildman–Crippen MR) is 104 cm³/mol. The van der Waals surface area contributed by atoms with Gasteiger partial charge in [0.25, 0.3) is 5.91 Å². The van der Waals surface area contributed by atoms with Crippen LogP contribution in [0.2, 0.25) is 0 Å². The van der Waals surface area contributed by atoms with Crippen LogP contribution in [0.4, 0.5) is 0 Å². The van der Waals surface area contributed by atoms with Crippen molar-refractivity contribution < 1.29 is 19.1 Å². The molecule has 1 aromatic carbocycles. The number of morpholine rings is 1. The average Bonchev–Trinajstić information content (AvgIpc) is 3.46. The van der Waals surface area contributed by atoms with Gasteiger partial charge in [0.1, 0.15) is 5.75 Å². The summed E-state index contributed by atoms with van der Waals surface area (Å²) in [5, 5.41) is 9.09. The molecule has 1 aliphatic carbocycles. The summed E-state index contributed by atoms with van der Waals surface area (Å²) in [6, 6.07) is 8.07. The van der Waals surface area contributed by atoms with Crippen molar-refractivity contribution in [2.24, 2.45) is 0 Å². The summed E-state index contributed by atoms with van der Waals surface area (Å²) in [7, 11) is 0. The summed E-state index contributed by atoms with van der Waals surface area (Å²) in [5.74, 6) is 0.638. The minimum atomic E-state index is -0.0721. The minimum Gasteiger partial charge on any atom is -0.484 e. The zero-order chi connectivity index (χ0) is 18.2. The Hall–Kier alpha value is -1.83. The number of hydrogen-bond donors (Lipinski definition) is 3. The molecule has 0 spiro atoms. The van der Waals surface area contributed by atoms with E-state index < -0.39 is 0 Å². The first kappa shape index (κ1) is 21.5. The van der Waals surface area contributed by atoms with Gasteiger partial charge in [-0.2, -0.15) is 0 Å². The quantitative estimate of drug-likeness (QED) is 0.573. The fourth-order valence-electron chi connectivity index (χ4n) is 2.79. The lowest BCUT2D eigenvalue weighted by molar-refractivity contribution is -0.123. The molecule has 1 saturated carbocycles. The Morgan fingerprint density at radius 2 is 1.96 bits per heavy atom. The summed E-state index contributed by atoms with van der Waals surface area (Å²) in [6.45, 7) is 2.74. The van der Waals surface area contributed by atoms with E-state index in [1.165, 1.54) is 0 Å². The summed E-state index contributed by atoms with van der Waals surface area (Å²) < 4.78 is 10.8. The highest BCUT2D eigenvalue weighted by atomic mass is 35.5. The molecule has 0 bridgehead atoms. The second-order valence-corrected chi connectivity index (χ2v) is 6.80. The van der Waals surface area contributed by atoms with Gasteiger partial charge in [-0.15, -0.1) is 12.4 Å². The van der Waals surface area contributed by atoms with Gasteiger partial charge in [0, 0.05) is 31.6 Å². The number of benzene rings is 1. The fourth-order valence-corrected chi connectivity index (χ4v) is 2.79. The first-order valence-electron chi connectivity index (χ1n) is 9.28. The molecule has 1 unspecified atom stereocenters. The summed E-state index contributed by atoms with van der Waals surface area (Å²) in [4.78, 5) is 23.5. The van der Waals surface area contributed by atoms with Crippen LogP contribution in [0.5, 0.6) is 5.75 Å². The van der Waals surface area contributed by atoms with E-state index in [9.17, 15) is 9.59 Å². The van der Waals surface area contributed by atoms with Gasteiger partial charge in [-0.1, -0.05) is 12.1 Å². The van der Waals surface area contributed by atoms with Crippen LogP contribution in [0.1, 0.15) is 24.8 Å². The van der Waals surface area contributed by atoms with E-state index in [1.54, 1.807) is 0 Å². The van der Waals surface area contributed by atoms with Gasteiger partial charge < -0.3 is 25.4 Å². The molecule has 0 aromatic heterocycles. The van der Waals surface area contributed by atoms with E-state index in [-0.39, 0.29) is 36.9 Å². The van der Waals surface area contributed by atoms with E-state index in [4.69, 9.17) is 9.47 Å². The SMILES string of the molecule is Cl.O=C(CC1COCCN1)NCCc1ccc(OCC(=O)NC2CC2)cc1. The number of carbonyl (C=O) groups excluding carboxylic acids is 2. The van der Waals surface area contributed by atoms with E-state index in [0.29, 0.717) is 38.0 Å². The minimum absolute atomic E-state index is 0. The third kappa shape index (κ3) is 8.15. The second-order valence-electron chi connectivity index (χ2n) is 6.80. The summed E-state index contributed by atoms with van der Waals surface area (Å²) >= 11 is 0. The molecule has 7 nitrogen and oxygen atoms in total. The van der Waals surface area contributed by atoms with Gasteiger partial charge in [-0.05, 0) is 37.0 Å². The normalized spacial score (nSPS) is 18.9. The first-order valence-corrected chi connectivity index (χ1v) is 9.28. The van der Waals surface area contributed by atoms with Crippen molar-refractivity contribution in [1.29, 1.82) is 0 Å². The topological polar surface area (TPSA) is 88.7 Å². The zero-order valence-corrected chi connectivity index (χ0v) is 16.2. The number of nitrogens with one attached hydrogen (secondary N) is 3. The van der Waals surface area contributed by atoms with E-state index >= 15 is 0 Å². The lowest BCUT2D eigenvalue weighted by atomic mass is 10.1. The van der Waals surface area contributed by atoms with Crippen LogP contribution < -0.4 is 20.7 Å². The highest BCUT2D eigenvalue weighted by Crippen LogP contribution is 2.18. The third-order valence-corrected chi connectivity index (χ3v) is 4.40. The maximum atomic E-state index is 11.9. The van der Waals surface area contributed by atoms with Crippen molar-refractivity contribution >= 4 is 24.2 Å². The molecular formula is C19H28ClN3O4. The van der Waals surface area contributed by atoms with Crippen LogP contribution in [0.15, 0.2) is 24.3 Å². The molecule has 27 heavy (non-hydrogen) atoms. The monoisotopic (exact) mass is 397 g/mol. The number of hydrogen-bond acceptors (Lipinski definition) is 5. The molecule has 150 valence electrons. The number of rotatable bonds is 9. The van der Waals surface area contributed by atoms with Crippen LogP contribution in [-0.2, 0) is 20.7 Å². The molecule has 1 saturated heterocycles. The number of amides is 2. The van der Waals surface area contributed by atoms with Crippen molar-refractivity contribution in [2.45, 2.75) is 37.8 Å². The molecule has 2 amide bonds. The van der Waals surface area contributed by atoms with E-state index in [2.05, 4.69) is 16.0 Å². The fraction of sp³-hybridized carbons (Fsp3) is 0.579. The Kier molecular flexibility index (Phi) is 8.84. The summed E-state index contributed by atoms with van der Waals surface area (Å²) in [5.41, 5.74) is 1.11. The Balaban J connectivity index is 0.00000261. The van der Waals surface area contributed by atoms with Crippen LogP contribution in [0.3, 0.4) is 0 Å². The highest BCUT2D eigenvalue weighted by Gasteiger charge is 2.23. The highest BCUT2D eigenvalue weighted by molar-refractivity contribution is 5.85. The number of carbonyl (C=O) groups is 2. The van der Waals surface area contributed by atoms with Crippen molar-refractivity contribution in [3.05, 3.63) is 29.8 Å². The van der Waals surface area contributed by atoms with Gasteiger partial charge in [0.05, 0.1) is 13.2 Å². The van der Waals surface area contributed by atoms with Crippen molar-refractivity contribution in [3.8, 4) is 5.75 Å². The van der Waals surface area contributed by atoms with Crippen LogP contribution in [0.25, 0.3) is 0 Å². The number of halogens is 1. The Morgan fingerprint density at radius 1 is 1.19 bits per heavy atom. The molecule has 2 aliphatic rings. The second kappa shape index (κ2) is 11.1. The van der Waals surface area contributed by atoms with Crippen LogP contribution in [0, 0.1) is 0 Å². The Bertz CT molecular complexity index is 601. The van der Waals surface area contributed by atoms with Gasteiger partial charge in [0.2, 0.25) is 5.91 Å². The van der Waals surface area contributed by atoms with Crippen molar-refractivity contribution in [2.75, 3.05) is 32.9 Å². The molecule has 1 atom stereocenters. The third-order valence-electron chi connectivity index (χ3n) is 4.40. The molecular weight excluding hydrogens is 370 g/mol. The van der Waals surface area contributed by atoms with Crippen molar-refractivity contribution in [3.63, 3.8) is 0 Å². The Morgan fingerprint density at radius 3 is 2.63 bits per heavy atom. The van der Waals surface area contributed by atoms with Crippen LogP contribution >= 0.6 is 12.4 Å². The summed E-state index contributed by atoms with van der Waals surface area (Å²) in [6.07, 6.45) is 3.34. The molecule has 3 N–H and O–H groups in total. The molecule has 8 heteroatoms. The predicted octanol–water partition coefficient (Wildman–Crippen LogP) is 0.803. The molecule has 1 aliphatic heterocycles. The smallest absolute Gasteiger partial charge is 0.258 e. The largest absolute Gasteiger partial charge is 0.484 e. The van der Waals surface area contributed by atoms with Gasteiger partial charge in [0.15, 0.2) is 6.61 Å². The average molecular weight is 398 g/mol. The maximum absolute atomic E-state index is 11.9. The van der Waals surface area contributed by atoms with E-state index in [0.717, 1.165) is 31.4 Å². The lowest BCUT2D eigenvalue weighted by Crippen LogP contribution is -2.44. The molecule has 0 radical (unpaired) electrons.